The van der Waals surface area contributed by atoms with Crippen molar-refractivity contribution < 1.29 is 14.3 Å². The topological polar surface area (TPSA) is 100 Å². The van der Waals surface area contributed by atoms with Gasteiger partial charge >= 0.3 is 5.97 Å². The normalized spacial score (nSPS) is 13.6. The van der Waals surface area contributed by atoms with Crippen molar-refractivity contribution in [3.8, 4) is 0 Å². The van der Waals surface area contributed by atoms with Crippen LogP contribution in [0, 0.1) is 12.7 Å². The molecule has 1 aliphatic rings. The van der Waals surface area contributed by atoms with Gasteiger partial charge in [-0.05, 0) is 49.2 Å². The Hall–Kier alpha value is -3.98. The SMILES string of the molecule is Cc1cc([C@@H](C)Nc2ccc(Cl)nc2C(=O)O)c2nc(N3Cc4cccc(F)c4C3)n(C)c(=O)c2c1. The first-order valence-corrected chi connectivity index (χ1v) is 11.7. The molecule has 10 heteroatoms. The van der Waals surface area contributed by atoms with Gasteiger partial charge in [0.05, 0.1) is 22.6 Å². The fourth-order valence-corrected chi connectivity index (χ4v) is 4.85. The van der Waals surface area contributed by atoms with Crippen LogP contribution >= 0.6 is 11.6 Å². The average molecular weight is 508 g/mol. The van der Waals surface area contributed by atoms with Gasteiger partial charge in [0, 0.05) is 31.3 Å². The summed E-state index contributed by atoms with van der Waals surface area (Å²) < 4.78 is 15.9. The lowest BCUT2D eigenvalue weighted by molar-refractivity contribution is 0.0691. The summed E-state index contributed by atoms with van der Waals surface area (Å²) in [6, 6.07) is 11.3. The van der Waals surface area contributed by atoms with E-state index in [-0.39, 0.29) is 22.2 Å². The lowest BCUT2D eigenvalue weighted by atomic mass is 10.0. The molecule has 1 atom stereocenters. The largest absolute Gasteiger partial charge is 0.476 e. The van der Waals surface area contributed by atoms with E-state index in [1.54, 1.807) is 25.2 Å². The number of halogens is 2. The van der Waals surface area contributed by atoms with Crippen molar-refractivity contribution in [1.82, 2.24) is 14.5 Å². The van der Waals surface area contributed by atoms with Gasteiger partial charge in [-0.25, -0.2) is 19.2 Å². The first kappa shape index (κ1) is 23.7. The van der Waals surface area contributed by atoms with Crippen molar-refractivity contribution in [2.24, 2.45) is 7.05 Å². The Kier molecular flexibility index (Phi) is 5.88. The lowest BCUT2D eigenvalue weighted by Gasteiger charge is -2.23. The van der Waals surface area contributed by atoms with Gasteiger partial charge in [-0.3, -0.25) is 9.36 Å². The van der Waals surface area contributed by atoms with Crippen LogP contribution in [0.25, 0.3) is 10.9 Å². The molecule has 1 aliphatic heterocycles. The number of hydrogen-bond donors (Lipinski definition) is 2. The number of aromatic carboxylic acids is 1. The number of aromatic nitrogens is 3. The maximum atomic E-state index is 14.4. The Morgan fingerprint density at radius 2 is 1.97 bits per heavy atom. The molecule has 0 bridgehead atoms. The van der Waals surface area contributed by atoms with Crippen LogP contribution < -0.4 is 15.8 Å². The van der Waals surface area contributed by atoms with Crippen LogP contribution in [0.15, 0.2) is 47.3 Å². The quantitative estimate of drug-likeness (QED) is 0.373. The van der Waals surface area contributed by atoms with Crippen molar-refractivity contribution in [2.45, 2.75) is 33.0 Å². The third-order valence-electron chi connectivity index (χ3n) is 6.44. The highest BCUT2D eigenvalue weighted by Crippen LogP contribution is 2.32. The number of aryl methyl sites for hydroxylation is 1. The number of carbonyl (C=O) groups is 1. The van der Waals surface area contributed by atoms with Crippen molar-refractivity contribution in [3.05, 3.63) is 91.7 Å². The van der Waals surface area contributed by atoms with Gasteiger partial charge in [-0.1, -0.05) is 29.8 Å². The number of nitrogens with zero attached hydrogens (tertiary/aromatic N) is 4. The predicted octanol–water partition coefficient (Wildman–Crippen LogP) is 4.82. The lowest BCUT2D eigenvalue weighted by Crippen LogP contribution is -2.28. The van der Waals surface area contributed by atoms with Crippen LogP contribution in [0.3, 0.4) is 0 Å². The number of nitrogens with one attached hydrogen (secondary N) is 1. The molecule has 0 amide bonds. The molecule has 2 aromatic carbocycles. The molecular weight excluding hydrogens is 485 g/mol. The molecule has 0 saturated heterocycles. The summed E-state index contributed by atoms with van der Waals surface area (Å²) >= 11 is 5.89. The molecule has 0 spiro atoms. The van der Waals surface area contributed by atoms with E-state index in [2.05, 4.69) is 10.3 Å². The number of anilines is 2. The molecule has 0 radical (unpaired) electrons. The minimum absolute atomic E-state index is 0.0736. The molecule has 2 aromatic heterocycles. The third-order valence-corrected chi connectivity index (χ3v) is 6.65. The smallest absolute Gasteiger partial charge is 0.356 e. The summed E-state index contributed by atoms with van der Waals surface area (Å²) in [6.07, 6.45) is 0. The summed E-state index contributed by atoms with van der Waals surface area (Å²) in [5.74, 6) is -1.06. The zero-order valence-electron chi connectivity index (χ0n) is 19.8. The molecule has 3 heterocycles. The maximum Gasteiger partial charge on any atom is 0.356 e. The summed E-state index contributed by atoms with van der Waals surface area (Å²) in [4.78, 5) is 35.8. The van der Waals surface area contributed by atoms with E-state index in [1.165, 1.54) is 16.7 Å². The first-order valence-electron chi connectivity index (χ1n) is 11.3. The number of carboxylic acids is 1. The van der Waals surface area contributed by atoms with Crippen LogP contribution in [0.4, 0.5) is 16.0 Å². The minimum atomic E-state index is -1.21. The van der Waals surface area contributed by atoms with E-state index in [1.807, 2.05) is 30.9 Å². The predicted molar refractivity (Wildman–Crippen MR) is 136 cm³/mol. The Labute approximate surface area is 211 Å². The molecule has 184 valence electrons. The fraction of sp³-hybridized carbons (Fsp3) is 0.231. The number of carboxylic acid groups (broad SMARTS) is 1. The van der Waals surface area contributed by atoms with Crippen molar-refractivity contribution in [3.63, 3.8) is 0 Å². The molecule has 4 aromatic rings. The monoisotopic (exact) mass is 507 g/mol. The Morgan fingerprint density at radius 3 is 2.69 bits per heavy atom. The highest BCUT2D eigenvalue weighted by molar-refractivity contribution is 6.29. The van der Waals surface area contributed by atoms with Crippen LogP contribution in [0.2, 0.25) is 5.15 Å². The van der Waals surface area contributed by atoms with Crippen molar-refractivity contribution in [2.75, 3.05) is 10.2 Å². The highest BCUT2D eigenvalue weighted by atomic mass is 35.5. The molecule has 2 N–H and O–H groups in total. The van der Waals surface area contributed by atoms with E-state index in [9.17, 15) is 19.1 Å². The fourth-order valence-electron chi connectivity index (χ4n) is 4.70. The first-order chi connectivity index (χ1) is 17.1. The second-order valence-corrected chi connectivity index (χ2v) is 9.35. The van der Waals surface area contributed by atoms with Crippen LogP contribution in [-0.4, -0.2) is 25.6 Å². The van der Waals surface area contributed by atoms with Crippen LogP contribution in [-0.2, 0) is 20.1 Å². The average Bonchev–Trinajstić information content (AvgIpc) is 3.27. The van der Waals surface area contributed by atoms with E-state index < -0.39 is 12.0 Å². The van der Waals surface area contributed by atoms with Gasteiger partial charge < -0.3 is 15.3 Å². The molecular formula is C26H23ClFN5O3. The zero-order chi connectivity index (χ0) is 25.7. The number of rotatable bonds is 5. The molecule has 36 heavy (non-hydrogen) atoms. The Bertz CT molecular complexity index is 1600. The zero-order valence-corrected chi connectivity index (χ0v) is 20.6. The number of hydrogen-bond acceptors (Lipinski definition) is 6. The summed E-state index contributed by atoms with van der Waals surface area (Å²) in [6.45, 7) is 4.48. The van der Waals surface area contributed by atoms with Crippen molar-refractivity contribution >= 4 is 40.1 Å². The van der Waals surface area contributed by atoms with Crippen LogP contribution in [0.1, 0.15) is 45.7 Å². The summed E-state index contributed by atoms with van der Waals surface area (Å²) in [5.41, 5.74) is 3.41. The van der Waals surface area contributed by atoms with Gasteiger partial charge in [-0.15, -0.1) is 0 Å². The number of pyridine rings is 1. The second-order valence-electron chi connectivity index (χ2n) is 8.96. The summed E-state index contributed by atoms with van der Waals surface area (Å²) in [7, 11) is 1.66. The van der Waals surface area contributed by atoms with E-state index in [0.717, 1.165) is 16.7 Å². The molecule has 8 nitrogen and oxygen atoms in total. The number of benzene rings is 2. The Morgan fingerprint density at radius 1 is 1.19 bits per heavy atom. The van der Waals surface area contributed by atoms with E-state index in [0.29, 0.717) is 41.2 Å². The third kappa shape index (κ3) is 4.05. The number of fused-ring (bicyclic) bond motifs is 2. The Balaban J connectivity index is 1.60. The van der Waals surface area contributed by atoms with Gasteiger partial charge in [0.2, 0.25) is 5.95 Å². The molecule has 0 unspecified atom stereocenters. The maximum absolute atomic E-state index is 14.4. The van der Waals surface area contributed by atoms with Gasteiger partial charge in [-0.2, -0.15) is 0 Å². The highest BCUT2D eigenvalue weighted by Gasteiger charge is 2.26. The van der Waals surface area contributed by atoms with Gasteiger partial charge in [0.25, 0.3) is 5.56 Å². The minimum Gasteiger partial charge on any atom is -0.476 e. The molecule has 0 saturated carbocycles. The van der Waals surface area contributed by atoms with Gasteiger partial charge in [0.1, 0.15) is 11.0 Å². The van der Waals surface area contributed by atoms with Crippen LogP contribution in [0.5, 0.6) is 0 Å². The molecule has 5 rings (SSSR count). The molecule has 0 aliphatic carbocycles. The standard InChI is InChI=1S/C26H23ClFN5O3/c1-13-9-16(14(2)29-20-7-8-21(27)30-23(20)25(35)36)22-17(10-13)24(34)32(3)26(31-22)33-11-15-5-4-6-19(28)18(15)12-33/h4-10,14,29H,11-12H2,1-3H3,(H,35,36)/t14-/m1/s1. The van der Waals surface area contributed by atoms with E-state index in [4.69, 9.17) is 16.6 Å². The second kappa shape index (κ2) is 8.91. The molecule has 0 fully saturated rings. The van der Waals surface area contributed by atoms with E-state index >= 15 is 0 Å². The summed E-state index contributed by atoms with van der Waals surface area (Å²) in [5, 5.41) is 13.3. The van der Waals surface area contributed by atoms with Crippen molar-refractivity contribution in [1.29, 1.82) is 0 Å². The van der Waals surface area contributed by atoms with Gasteiger partial charge in [0.15, 0.2) is 5.69 Å².